The van der Waals surface area contributed by atoms with Crippen LogP contribution in [0.15, 0.2) is 107 Å². The van der Waals surface area contributed by atoms with Crippen LogP contribution in [-0.2, 0) is 14.4 Å². The Bertz CT molecular complexity index is 6860. The van der Waals surface area contributed by atoms with Crippen LogP contribution in [0.25, 0.3) is 83.9 Å². The zero-order chi connectivity index (χ0) is 104. The molecule has 0 radical (unpaired) electrons. The largest absolute Gasteiger partial charge is 0.395 e. The van der Waals surface area contributed by atoms with E-state index in [1.807, 2.05) is 99.0 Å². The molecule has 3 aliphatic rings. The maximum absolute atomic E-state index is 15.6. The van der Waals surface area contributed by atoms with Crippen LogP contribution in [0, 0.1) is 95.5 Å². The van der Waals surface area contributed by atoms with Gasteiger partial charge < -0.3 is 46.6 Å². The maximum atomic E-state index is 15.6. The predicted molar refractivity (Wildman–Crippen MR) is 540 cm³/mol. The minimum absolute atomic E-state index is 0.0465. The number of aryl methyl sites for hydroxylation is 3. The summed E-state index contributed by atoms with van der Waals surface area (Å²) in [5, 5.41) is 28.2. The summed E-state index contributed by atoms with van der Waals surface area (Å²) in [5.74, 6) is -11.0. The Labute approximate surface area is 844 Å². The fourth-order valence-corrected chi connectivity index (χ4v) is 20.4. The highest BCUT2D eigenvalue weighted by Crippen LogP contribution is 2.50. The van der Waals surface area contributed by atoms with Gasteiger partial charge in [-0.3, -0.25) is 57.4 Å². The van der Waals surface area contributed by atoms with Gasteiger partial charge in [-0.25, -0.2) is 45.7 Å². The van der Waals surface area contributed by atoms with Gasteiger partial charge in [0, 0.05) is 110 Å². The number of benzene rings is 3. The van der Waals surface area contributed by atoms with Crippen LogP contribution in [-0.4, -0.2) is 152 Å². The van der Waals surface area contributed by atoms with Gasteiger partial charge in [-0.1, -0.05) is 154 Å². The Morgan fingerprint density at radius 2 is 0.617 bits per heavy atom. The van der Waals surface area contributed by atoms with E-state index in [9.17, 15) is 48.9 Å². The van der Waals surface area contributed by atoms with Crippen LogP contribution in [0.2, 0.25) is 40.2 Å². The number of halogens is 15. The van der Waals surface area contributed by atoms with Crippen LogP contribution < -0.4 is 48.6 Å². The third kappa shape index (κ3) is 18.3. The van der Waals surface area contributed by atoms with Crippen molar-refractivity contribution in [1.29, 1.82) is 15.8 Å². The average molecular weight is 2090 g/mol. The highest BCUT2D eigenvalue weighted by atomic mass is 35.5. The number of aromatic nitrogens is 9. The number of rotatable bonds is 15. The molecule has 3 aromatic carbocycles. The van der Waals surface area contributed by atoms with E-state index in [0.29, 0.717) is 50.8 Å². The molecule has 0 spiro atoms. The third-order valence-electron chi connectivity index (χ3n) is 24.9. The lowest BCUT2D eigenvalue weighted by Crippen LogP contribution is -2.58. The number of nitrogens with zero attached hydrogens (tertiary/aromatic N) is 18. The summed E-state index contributed by atoms with van der Waals surface area (Å²) in [7, 11) is 0. The lowest BCUT2D eigenvalue weighted by molar-refractivity contribution is -0.131. The summed E-state index contributed by atoms with van der Waals surface area (Å²) < 4.78 is 112. The first kappa shape index (κ1) is 105. The van der Waals surface area contributed by atoms with Gasteiger partial charge in [0.05, 0.1) is 137 Å². The van der Waals surface area contributed by atoms with E-state index in [0.717, 1.165) is 0 Å². The fourth-order valence-electron chi connectivity index (χ4n) is 18.8. The quantitative estimate of drug-likeness (QED) is 0.0282. The molecule has 141 heavy (non-hydrogen) atoms. The molecule has 0 aliphatic carbocycles. The van der Waals surface area contributed by atoms with Gasteiger partial charge in [-0.05, 0) is 151 Å². The molecule has 42 heteroatoms. The Hall–Kier alpha value is -13.1. The molecule has 12 aromatic rings. The Morgan fingerprint density at radius 1 is 0.383 bits per heavy atom. The topological polar surface area (TPSA) is 363 Å². The Kier molecular flexibility index (Phi) is 30.8. The molecule has 12 heterocycles. The van der Waals surface area contributed by atoms with Crippen molar-refractivity contribution in [3.05, 3.63) is 255 Å². The van der Waals surface area contributed by atoms with Crippen molar-refractivity contribution in [2.75, 3.05) is 71.2 Å². The monoisotopic (exact) mass is 2080 g/mol. The molecule has 0 unspecified atom stereocenters. The fraction of sp³-hybridized carbons (Fsp3) is 0.303. The number of anilines is 6. The molecule has 3 saturated heterocycles. The van der Waals surface area contributed by atoms with E-state index in [2.05, 4.69) is 61.8 Å². The SMILES string of the molecule is C=CC(=O)N1[C@H](C)CN(c2c(C#N)c(=O)n(-c3c(C)ccnc3C(C)C)c3nc(-c4c(F)c(N)c(Cl)c(Cl)c4F)c(Cl)cc23)C[C@@H]1C.C=CC(=O)N1[C@H](C)CN(c2c(C#N)c(=O)n(-c3c(C)ccnc3C(C)C)c3nc(-c4c(F)c(N)c(Cl)c(Cl)c4F)c(Cl)cc23)C[C@@H]1C.C=CC(=O)N1[C@H](C)CN(c2c(C#N)c(=O)n(-c3c(C)ccnc3C(C)C)c3nc(-c4c(F)c(N)c(Cl)c(F)c4F)c(Cl)cc23)C[C@@H]1C. The van der Waals surface area contributed by atoms with E-state index in [4.69, 9.17) is 110 Å². The number of carbonyl (C=O) groups is 3. The summed E-state index contributed by atoms with van der Waals surface area (Å²) in [6.45, 7) is 39.8. The average Bonchev–Trinajstić information content (AvgIpc) is 0.725. The molecule has 6 N–H and O–H groups in total. The van der Waals surface area contributed by atoms with Crippen molar-refractivity contribution >= 4 is 178 Å². The summed E-state index contributed by atoms with van der Waals surface area (Å²) in [4.78, 5) is 119. The van der Waals surface area contributed by atoms with Crippen molar-refractivity contribution in [2.45, 2.75) is 158 Å². The molecule has 3 amide bonds. The molecule has 0 saturated carbocycles. The van der Waals surface area contributed by atoms with Gasteiger partial charge in [0.25, 0.3) is 16.7 Å². The van der Waals surface area contributed by atoms with Crippen molar-refractivity contribution in [1.82, 2.24) is 58.3 Å². The highest BCUT2D eigenvalue weighted by Gasteiger charge is 2.42. The molecule has 9 aromatic heterocycles. The lowest BCUT2D eigenvalue weighted by Gasteiger charge is -2.45. The van der Waals surface area contributed by atoms with Crippen molar-refractivity contribution < 1.29 is 45.1 Å². The number of hydrogen-bond donors (Lipinski definition) is 3. The van der Waals surface area contributed by atoms with Crippen LogP contribution in [0.3, 0.4) is 0 Å². The number of fused-ring (bicyclic) bond motifs is 3. The molecule has 3 aliphatic heterocycles. The normalized spacial score (nSPS) is 16.6. The number of amides is 3. The van der Waals surface area contributed by atoms with Crippen molar-refractivity contribution in [2.24, 2.45) is 0 Å². The lowest BCUT2D eigenvalue weighted by atomic mass is 10.0. The second-order valence-corrected chi connectivity index (χ2v) is 38.5. The zero-order valence-corrected chi connectivity index (χ0v) is 84.4. The first-order valence-corrected chi connectivity index (χ1v) is 46.9. The van der Waals surface area contributed by atoms with E-state index >= 15 is 26.3 Å². The number of hydrogen-bond acceptors (Lipinski definition) is 21. The predicted octanol–water partition coefficient (Wildman–Crippen LogP) is 21.0. The van der Waals surface area contributed by atoms with E-state index < -0.39 is 122 Å². The molecule has 27 nitrogen and oxygen atoms in total. The second kappa shape index (κ2) is 41.2. The number of carbonyl (C=O) groups excluding carboxylic acids is 3. The molecule has 3 fully saturated rings. The van der Waals surface area contributed by atoms with Crippen molar-refractivity contribution in [3.8, 4) is 69.0 Å². The Balaban J connectivity index is 0.000000178. The molecule has 0 bridgehead atoms. The summed E-state index contributed by atoms with van der Waals surface area (Å²) in [6.07, 6.45) is 8.48. The van der Waals surface area contributed by atoms with Crippen LogP contribution in [0.5, 0.6) is 0 Å². The van der Waals surface area contributed by atoms with Gasteiger partial charge in [0.1, 0.15) is 56.9 Å². The van der Waals surface area contributed by atoms with Gasteiger partial charge in [-0.2, -0.15) is 15.8 Å². The van der Waals surface area contributed by atoms with E-state index in [1.54, 1.807) is 77.2 Å². The minimum atomic E-state index is -1.68. The molecule has 6 atom stereocenters. The summed E-state index contributed by atoms with van der Waals surface area (Å²) in [5.41, 5.74) is 13.4. The maximum Gasteiger partial charge on any atom is 0.276 e. The minimum Gasteiger partial charge on any atom is -0.395 e. The van der Waals surface area contributed by atoms with Gasteiger partial charge in [-0.15, -0.1) is 0 Å². The van der Waals surface area contributed by atoms with Gasteiger partial charge in [0.2, 0.25) is 17.7 Å². The van der Waals surface area contributed by atoms with E-state index in [1.165, 1.54) is 50.1 Å². The number of nitriles is 3. The van der Waals surface area contributed by atoms with Crippen LogP contribution in [0.1, 0.15) is 151 Å². The number of nitrogen functional groups attached to an aromatic ring is 3. The summed E-state index contributed by atoms with van der Waals surface area (Å²) >= 11 is 50.0. The van der Waals surface area contributed by atoms with Crippen LogP contribution >= 0.6 is 92.8 Å². The number of piperazine rings is 3. The standard InChI is InChI=1S/2C33H30Cl3F2N7O2.C33H30Cl2F3N7O2/c2*1-7-21(46)44-16(5)12-43(13-17(44)6)31-18-10-20(34)29(22-25(37)23(35)24(36)27(40)26(22)38)42-32(18)45(33(47)19(31)11-39)30-15(4)8-9-41-28(30)14(2)3;1-7-21(46)44-16(5)12-43(13-17(44)6)31-18-10-20(34)29(22-24(36)26(38)23(35)27(40)25(22)37)42-32(18)45(33(47)19(31)11-39)30-15(4)8-9-41-28(30)14(2)3/h3*7-10,14,16-17H,1,12-13,40H2,2-6H3/t3*16-,17+. The van der Waals surface area contributed by atoms with Crippen LogP contribution in [0.4, 0.5) is 64.9 Å². The molecular weight excluding hydrogens is 2000 g/mol. The molecular formula is C99H90Cl8F7N21O6. The first-order chi connectivity index (χ1) is 66.5. The zero-order valence-electron chi connectivity index (χ0n) is 78.4. The third-order valence-corrected chi connectivity index (χ3v) is 27.9. The Morgan fingerprint density at radius 3 is 0.844 bits per heavy atom. The molecule has 15 rings (SSSR count). The van der Waals surface area contributed by atoms with E-state index in [-0.39, 0.29) is 204 Å². The van der Waals surface area contributed by atoms with Crippen molar-refractivity contribution in [3.63, 3.8) is 0 Å². The smallest absolute Gasteiger partial charge is 0.276 e. The highest BCUT2D eigenvalue weighted by molar-refractivity contribution is 6.45. The van der Waals surface area contributed by atoms with Gasteiger partial charge in [0.15, 0.2) is 40.7 Å². The first-order valence-electron chi connectivity index (χ1n) is 43.9. The van der Waals surface area contributed by atoms with Gasteiger partial charge >= 0.3 is 0 Å². The second-order valence-electron chi connectivity index (χ2n) is 35.3. The number of nitrogens with two attached hydrogens (primary N) is 3. The molecule has 732 valence electrons. The number of pyridine rings is 9. The summed E-state index contributed by atoms with van der Waals surface area (Å²) in [6, 6.07) is 13.3.